The number of carbonyl (C=O) groups is 4. The Morgan fingerprint density at radius 1 is 0.691 bits per heavy atom. The number of hydrazine groups is 1. The number of rotatable bonds is 17. The quantitative estimate of drug-likeness (QED) is 0.0650. The van der Waals surface area contributed by atoms with Gasteiger partial charge in [0.05, 0.1) is 24.5 Å². The average molecular weight is 915 g/mol. The van der Waals surface area contributed by atoms with Crippen molar-refractivity contribution in [3.8, 4) is 22.3 Å². The number of benzene rings is 5. The molecule has 5 aromatic carbocycles. The van der Waals surface area contributed by atoms with E-state index in [2.05, 4.69) is 35.1 Å². The number of nitrogens with zero attached hydrogens (tertiary/aromatic N) is 7. The van der Waals surface area contributed by atoms with Gasteiger partial charge in [0, 0.05) is 93.4 Å². The van der Waals surface area contributed by atoms with Gasteiger partial charge in [0.25, 0.3) is 11.8 Å². The van der Waals surface area contributed by atoms with Gasteiger partial charge in [0.1, 0.15) is 17.8 Å². The molecule has 0 spiro atoms. The molecule has 1 saturated heterocycles. The second-order valence-corrected chi connectivity index (χ2v) is 16.4. The summed E-state index contributed by atoms with van der Waals surface area (Å²) < 4.78 is 6.22. The van der Waals surface area contributed by atoms with E-state index in [0.29, 0.717) is 93.1 Å². The highest BCUT2D eigenvalue weighted by molar-refractivity contribution is 6.06. The number of carboxylic acid groups (broad SMARTS) is 1. The molecule has 2 aromatic heterocycles. The Balaban J connectivity index is 0.881. The van der Waals surface area contributed by atoms with Gasteiger partial charge in [-0.05, 0) is 54.3 Å². The molecule has 0 atom stereocenters. The molecule has 4 N–H and O–H groups in total. The standard InChI is InChI=1S/C52H54N10O6/c1-58(50(64)41-18-12-17-40(35-41)49(63)57-29-32-60(36-47-53-25-26-54-47)37-48-55-27-28-56-48)33-34-59-30-23-42(24-31-59)68-52(67)62(46-22-11-9-20-44(46)39-15-6-3-7-16-39)61(51(65)66)45-21-10-8-19-43(45)38-13-4-2-5-14-38/h2-22,25-28,35,42H,23-24,29-34,36-37H2,1H3,(H,53,54)(H,55,56)(H,57,63)(H,65,66). The van der Waals surface area contributed by atoms with E-state index in [1.54, 1.807) is 85.3 Å². The second kappa shape index (κ2) is 22.4. The van der Waals surface area contributed by atoms with Crippen molar-refractivity contribution < 1.29 is 29.0 Å². The molecule has 0 unspecified atom stereocenters. The van der Waals surface area contributed by atoms with Crippen molar-refractivity contribution in [2.45, 2.75) is 32.0 Å². The van der Waals surface area contributed by atoms with E-state index < -0.39 is 18.3 Å². The molecule has 1 aliphatic heterocycles. The number of anilines is 2. The molecular weight excluding hydrogens is 861 g/mol. The lowest BCUT2D eigenvalue weighted by molar-refractivity contribution is 0.0503. The van der Waals surface area contributed by atoms with Crippen LogP contribution in [-0.4, -0.2) is 116 Å². The summed E-state index contributed by atoms with van der Waals surface area (Å²) in [7, 11) is 1.74. The number of hydrogen-bond acceptors (Lipinski definition) is 9. The van der Waals surface area contributed by atoms with Crippen LogP contribution >= 0.6 is 0 Å². The number of hydrogen-bond donors (Lipinski definition) is 4. The molecule has 4 amide bonds. The van der Waals surface area contributed by atoms with Gasteiger partial charge in [-0.15, -0.1) is 0 Å². The molecule has 0 bridgehead atoms. The Morgan fingerprint density at radius 3 is 1.79 bits per heavy atom. The molecule has 1 fully saturated rings. The first-order valence-electron chi connectivity index (χ1n) is 22.6. The third-order valence-corrected chi connectivity index (χ3v) is 11.8. The van der Waals surface area contributed by atoms with Gasteiger partial charge in [-0.1, -0.05) is 103 Å². The predicted molar refractivity (Wildman–Crippen MR) is 260 cm³/mol. The van der Waals surface area contributed by atoms with E-state index in [9.17, 15) is 24.3 Å². The summed E-state index contributed by atoms with van der Waals surface area (Å²) in [6.07, 6.45) is 5.28. The molecule has 68 heavy (non-hydrogen) atoms. The van der Waals surface area contributed by atoms with Crippen LogP contribution in [0.4, 0.5) is 21.0 Å². The molecule has 16 nitrogen and oxygen atoms in total. The summed E-state index contributed by atoms with van der Waals surface area (Å²) in [5.41, 5.74) is 4.29. The van der Waals surface area contributed by atoms with Crippen LogP contribution < -0.4 is 15.3 Å². The van der Waals surface area contributed by atoms with Crippen LogP contribution in [0.3, 0.4) is 0 Å². The van der Waals surface area contributed by atoms with Gasteiger partial charge in [0.15, 0.2) is 0 Å². The number of H-pyrrole nitrogens is 2. The number of para-hydroxylation sites is 2. The minimum Gasteiger partial charge on any atom is -0.463 e. The van der Waals surface area contributed by atoms with E-state index in [4.69, 9.17) is 4.74 Å². The van der Waals surface area contributed by atoms with Crippen molar-refractivity contribution in [2.75, 3.05) is 56.3 Å². The number of piperidine rings is 1. The Labute approximate surface area is 394 Å². The van der Waals surface area contributed by atoms with Gasteiger partial charge in [-0.25, -0.2) is 19.6 Å². The van der Waals surface area contributed by atoms with Crippen LogP contribution in [0.25, 0.3) is 22.3 Å². The highest BCUT2D eigenvalue weighted by Gasteiger charge is 2.36. The van der Waals surface area contributed by atoms with Crippen LogP contribution in [0.1, 0.15) is 45.2 Å². The maximum Gasteiger partial charge on any atom is 0.434 e. The van der Waals surface area contributed by atoms with E-state index in [1.165, 1.54) is 0 Å². The molecule has 1 aliphatic rings. The molecule has 0 saturated carbocycles. The van der Waals surface area contributed by atoms with E-state index in [1.807, 2.05) is 84.9 Å². The fourth-order valence-electron chi connectivity index (χ4n) is 8.31. The normalized spacial score (nSPS) is 12.9. The van der Waals surface area contributed by atoms with Crippen LogP contribution in [-0.2, 0) is 17.8 Å². The van der Waals surface area contributed by atoms with Crippen molar-refractivity contribution in [3.63, 3.8) is 0 Å². The third kappa shape index (κ3) is 11.6. The summed E-state index contributed by atoms with van der Waals surface area (Å²) in [4.78, 5) is 75.8. The number of nitrogens with one attached hydrogen (secondary N) is 3. The smallest absolute Gasteiger partial charge is 0.434 e. The van der Waals surface area contributed by atoms with Gasteiger partial charge in [0.2, 0.25) is 0 Å². The lowest BCUT2D eigenvalue weighted by Gasteiger charge is -2.37. The van der Waals surface area contributed by atoms with Crippen LogP contribution in [0.15, 0.2) is 158 Å². The van der Waals surface area contributed by atoms with Crippen molar-refractivity contribution in [2.24, 2.45) is 0 Å². The maximum atomic E-state index is 14.6. The van der Waals surface area contributed by atoms with Crippen LogP contribution in [0, 0.1) is 0 Å². The summed E-state index contributed by atoms with van der Waals surface area (Å²) in [5.74, 6) is 1.12. The number of amides is 4. The average Bonchev–Trinajstić information content (AvgIpc) is 4.10. The first-order chi connectivity index (χ1) is 33.2. The minimum absolute atomic E-state index is 0.209. The van der Waals surface area contributed by atoms with Gasteiger partial charge in [-0.3, -0.25) is 14.5 Å². The monoisotopic (exact) mass is 914 g/mol. The third-order valence-electron chi connectivity index (χ3n) is 11.8. The number of imidazole rings is 2. The number of likely N-dealkylation sites (tertiary alicyclic amines) is 1. The van der Waals surface area contributed by atoms with Crippen molar-refractivity contribution >= 4 is 35.4 Å². The Morgan fingerprint density at radius 2 is 1.24 bits per heavy atom. The lowest BCUT2D eigenvalue weighted by atomic mass is 10.0. The highest BCUT2D eigenvalue weighted by atomic mass is 16.6. The van der Waals surface area contributed by atoms with E-state index in [0.717, 1.165) is 32.8 Å². The van der Waals surface area contributed by atoms with Crippen LogP contribution in [0.5, 0.6) is 0 Å². The number of ether oxygens (including phenoxy) is 1. The van der Waals surface area contributed by atoms with Crippen molar-refractivity contribution in [3.05, 3.63) is 181 Å². The number of aromatic nitrogens is 4. The first-order valence-corrected chi connectivity index (χ1v) is 22.6. The van der Waals surface area contributed by atoms with E-state index in [-0.39, 0.29) is 17.5 Å². The molecule has 0 aliphatic carbocycles. The van der Waals surface area contributed by atoms with Crippen molar-refractivity contribution in [1.82, 2.24) is 40.0 Å². The molecule has 348 valence electrons. The molecule has 7 aromatic rings. The largest absolute Gasteiger partial charge is 0.463 e. The molecule has 8 rings (SSSR count). The Bertz CT molecular complexity index is 2710. The fourth-order valence-corrected chi connectivity index (χ4v) is 8.31. The summed E-state index contributed by atoms with van der Waals surface area (Å²) in [6, 6.07) is 39.9. The van der Waals surface area contributed by atoms with Gasteiger partial charge in [-0.2, -0.15) is 10.0 Å². The fraction of sp³-hybridized carbons (Fsp3) is 0.231. The SMILES string of the molecule is CN(CCN1CCC(OC(=O)N(c2ccccc2-c2ccccc2)N(C(=O)O)c2ccccc2-c2ccccc2)CC1)C(=O)c1cccc(C(=O)NCCN(Cc2ncc[nH]2)Cc2ncc[nH]2)c1. The Hall–Kier alpha value is -8.08. The number of carbonyl (C=O) groups excluding carboxylic acids is 3. The number of aromatic amines is 2. The summed E-state index contributed by atoms with van der Waals surface area (Å²) >= 11 is 0. The predicted octanol–water partition coefficient (Wildman–Crippen LogP) is 8.18. The zero-order valence-electron chi connectivity index (χ0n) is 37.8. The number of likely N-dealkylation sites (N-methyl/N-ethyl adjacent to an activating group) is 1. The zero-order valence-corrected chi connectivity index (χ0v) is 37.8. The lowest BCUT2D eigenvalue weighted by Crippen LogP contribution is -2.52. The van der Waals surface area contributed by atoms with E-state index >= 15 is 0 Å². The second-order valence-electron chi connectivity index (χ2n) is 16.4. The Kier molecular flexibility index (Phi) is 15.3. The van der Waals surface area contributed by atoms with Crippen molar-refractivity contribution in [1.29, 1.82) is 0 Å². The zero-order chi connectivity index (χ0) is 47.2. The molecule has 16 heteroatoms. The first kappa shape index (κ1) is 46.4. The van der Waals surface area contributed by atoms with Gasteiger partial charge < -0.3 is 34.9 Å². The maximum absolute atomic E-state index is 14.6. The topological polar surface area (TPSA) is 183 Å². The molecule has 3 heterocycles. The molecule has 0 radical (unpaired) electrons. The summed E-state index contributed by atoms with van der Waals surface area (Å²) in [6.45, 7) is 4.21. The molecular formula is C52H54N10O6. The highest BCUT2D eigenvalue weighted by Crippen LogP contribution is 2.38. The van der Waals surface area contributed by atoms with Crippen LogP contribution in [0.2, 0.25) is 0 Å². The summed E-state index contributed by atoms with van der Waals surface area (Å²) in [5, 5.41) is 16.0. The van der Waals surface area contributed by atoms with Gasteiger partial charge >= 0.3 is 12.2 Å². The minimum atomic E-state index is -1.36.